The first-order valence-corrected chi connectivity index (χ1v) is 27.4. The van der Waals surface area contributed by atoms with E-state index in [0.29, 0.717) is 37.7 Å². The second-order valence-electron chi connectivity index (χ2n) is 22.6. The molecule has 3 heterocycles. The summed E-state index contributed by atoms with van der Waals surface area (Å²) in [5.41, 5.74) is 1.44. The van der Waals surface area contributed by atoms with E-state index in [2.05, 4.69) is 37.2 Å². The quantitative estimate of drug-likeness (QED) is 0.155. The number of rotatable bonds is 13. The van der Waals surface area contributed by atoms with E-state index in [1.165, 1.54) is 9.80 Å². The van der Waals surface area contributed by atoms with Gasteiger partial charge in [0.15, 0.2) is 0 Å². The number of carbonyl (C=O) groups is 9. The Kier molecular flexibility index (Phi) is 22.2. The monoisotopic (exact) mass is 1040 g/mol. The molecule has 412 valence electrons. The summed E-state index contributed by atoms with van der Waals surface area (Å²) in [5.74, 6) is -6.43. The lowest BCUT2D eigenvalue weighted by Crippen LogP contribution is -2.62. The molecule has 2 aromatic rings. The third-order valence-electron chi connectivity index (χ3n) is 14.5. The smallest absolute Gasteiger partial charge is 0.246 e. The first kappa shape index (κ1) is 59.5. The first-order valence-electron chi connectivity index (χ1n) is 27.4. The van der Waals surface area contributed by atoms with Crippen LogP contribution in [0.3, 0.4) is 0 Å². The number of amides is 9. The molecule has 0 spiro atoms. The summed E-state index contributed by atoms with van der Waals surface area (Å²) in [6.45, 7) is 19.1. The molecule has 0 radical (unpaired) electrons. The van der Waals surface area contributed by atoms with Crippen LogP contribution >= 0.6 is 0 Å². The van der Waals surface area contributed by atoms with Gasteiger partial charge in [-0.05, 0) is 85.7 Å². The molecule has 0 aromatic heterocycles. The van der Waals surface area contributed by atoms with E-state index in [0.717, 1.165) is 5.56 Å². The molecule has 3 saturated heterocycles. The normalized spacial score (nSPS) is 27.0. The Morgan fingerprint density at radius 3 is 1.28 bits per heavy atom. The lowest BCUT2D eigenvalue weighted by atomic mass is 9.95. The molecule has 75 heavy (non-hydrogen) atoms. The number of hydrogen-bond donors (Lipinski definition) is 7. The lowest BCUT2D eigenvalue weighted by Gasteiger charge is -2.34. The molecule has 18 nitrogen and oxygen atoms in total. The Morgan fingerprint density at radius 1 is 0.427 bits per heavy atom. The predicted octanol–water partition coefficient (Wildman–Crippen LogP) is 3.70. The summed E-state index contributed by atoms with van der Waals surface area (Å²) in [7, 11) is 0. The fraction of sp³-hybridized carbons (Fsp3) is 0.632. The lowest BCUT2D eigenvalue weighted by molar-refractivity contribution is -0.148. The van der Waals surface area contributed by atoms with Gasteiger partial charge in [0.25, 0.3) is 0 Å². The molecule has 2 unspecified atom stereocenters. The minimum absolute atomic E-state index is 0.0230. The van der Waals surface area contributed by atoms with Crippen molar-refractivity contribution in [1.82, 2.24) is 47.0 Å². The zero-order chi connectivity index (χ0) is 55.1. The van der Waals surface area contributed by atoms with E-state index >= 15 is 0 Å². The molecule has 0 aliphatic carbocycles. The highest BCUT2D eigenvalue weighted by molar-refractivity contribution is 5.99. The number of nitrogens with one attached hydrogen (secondary N) is 7. The molecule has 9 amide bonds. The zero-order valence-electron chi connectivity index (χ0n) is 45.9. The third kappa shape index (κ3) is 16.8. The van der Waals surface area contributed by atoms with Crippen molar-refractivity contribution >= 4 is 53.2 Å². The van der Waals surface area contributed by atoms with Crippen LogP contribution in [0.2, 0.25) is 0 Å². The average molecular weight is 1040 g/mol. The third-order valence-corrected chi connectivity index (χ3v) is 14.5. The van der Waals surface area contributed by atoms with Gasteiger partial charge in [-0.15, -0.1) is 0 Å². The van der Waals surface area contributed by atoms with Gasteiger partial charge in [-0.2, -0.15) is 0 Å². The van der Waals surface area contributed by atoms with Crippen molar-refractivity contribution in [2.24, 2.45) is 29.6 Å². The Bertz CT molecular complexity index is 2290. The van der Waals surface area contributed by atoms with Gasteiger partial charge < -0.3 is 47.0 Å². The van der Waals surface area contributed by atoms with E-state index in [4.69, 9.17) is 0 Å². The van der Waals surface area contributed by atoms with Crippen molar-refractivity contribution in [2.75, 3.05) is 13.1 Å². The Labute approximate surface area is 444 Å². The molecule has 0 bridgehead atoms. The maximum Gasteiger partial charge on any atom is 0.246 e. The van der Waals surface area contributed by atoms with Crippen molar-refractivity contribution in [3.8, 4) is 0 Å². The van der Waals surface area contributed by atoms with Crippen molar-refractivity contribution in [3.63, 3.8) is 0 Å². The van der Waals surface area contributed by atoms with Crippen LogP contribution in [-0.2, 0) is 56.0 Å². The van der Waals surface area contributed by atoms with Gasteiger partial charge in [0, 0.05) is 25.9 Å². The Balaban J connectivity index is 1.60. The average Bonchev–Trinajstić information content (AvgIpc) is 4.07. The van der Waals surface area contributed by atoms with Crippen molar-refractivity contribution in [1.29, 1.82) is 0 Å². The van der Waals surface area contributed by atoms with Crippen LogP contribution in [-0.4, -0.2) is 130 Å². The fourth-order valence-corrected chi connectivity index (χ4v) is 10.3. The van der Waals surface area contributed by atoms with E-state index in [-0.39, 0.29) is 62.9 Å². The fourth-order valence-electron chi connectivity index (χ4n) is 10.3. The highest BCUT2D eigenvalue weighted by atomic mass is 16.2. The van der Waals surface area contributed by atoms with E-state index in [1.54, 1.807) is 32.9 Å². The summed E-state index contributed by atoms with van der Waals surface area (Å²) in [4.78, 5) is 134. The number of carbonyl (C=O) groups excluding carboxylic acids is 9. The molecule has 10 atom stereocenters. The standard InChI is InChI=1S/C57H85N9O9/c1-11-37(10)48-55(73)61-40(28-33(2)3)49(67)62-44(30-35(6)7)56(74)66-27-19-25-46(66)57(75)65-26-18-24-45(65)53(71)60-43(32-39-22-16-13-17-23-39)51(69)59-42(31-38-20-14-12-15-21-38)50(68)58-41(29-34(4)5)52(70)63-47(36(8)9)54(72)64-48/h12-17,20-23,33-37,40-48H,11,18-19,24-32H2,1-10H3,(H,58,68)(H,59,69)(H,60,71)(H,61,73)(H,62,67)(H,63,70)(H,64,72)/t37-,40+,41-,42+,43-,44-,45?,46?,47-,48-/m0/s1. The maximum absolute atomic E-state index is 14.7. The van der Waals surface area contributed by atoms with Gasteiger partial charge in [-0.3, -0.25) is 43.2 Å². The topological polar surface area (TPSA) is 244 Å². The van der Waals surface area contributed by atoms with Gasteiger partial charge in [-0.1, -0.05) is 136 Å². The van der Waals surface area contributed by atoms with Gasteiger partial charge in [-0.25, -0.2) is 0 Å². The Hall–Kier alpha value is -6.33. The molecule has 7 N–H and O–H groups in total. The highest BCUT2D eigenvalue weighted by Gasteiger charge is 2.45. The molecular weight excluding hydrogens is 955 g/mol. The van der Waals surface area contributed by atoms with Crippen molar-refractivity contribution in [2.45, 2.75) is 188 Å². The minimum atomic E-state index is -1.24. The second kappa shape index (κ2) is 28.0. The summed E-state index contributed by atoms with van der Waals surface area (Å²) in [6, 6.07) is 8.19. The van der Waals surface area contributed by atoms with E-state index in [9.17, 15) is 43.2 Å². The predicted molar refractivity (Wildman–Crippen MR) is 286 cm³/mol. The largest absolute Gasteiger partial charge is 0.343 e. The molecule has 3 aliphatic rings. The number of benzene rings is 2. The van der Waals surface area contributed by atoms with Crippen LogP contribution in [0.15, 0.2) is 60.7 Å². The van der Waals surface area contributed by atoms with Gasteiger partial charge in [0.1, 0.15) is 54.4 Å². The van der Waals surface area contributed by atoms with Crippen LogP contribution in [0, 0.1) is 29.6 Å². The van der Waals surface area contributed by atoms with E-state index in [1.807, 2.05) is 97.0 Å². The molecule has 3 aliphatic heterocycles. The summed E-state index contributed by atoms with van der Waals surface area (Å²) >= 11 is 0. The SMILES string of the molecule is CC[C@H](C)[C@@H]1NC(=O)[C@H](C(C)C)NC(=O)[C@H](CC(C)C)NC(=O)[C@@H](Cc2ccccc2)NC(=O)[C@H](Cc2ccccc2)NC(=O)C2CCCN2C(=O)C2CCCN2C(=O)[C@H](CC(C)C)NC(=O)[C@@H](CC(C)C)NC1=O. The van der Waals surface area contributed by atoms with Gasteiger partial charge in [0.05, 0.1) is 0 Å². The number of nitrogens with zero attached hydrogens (tertiary/aromatic N) is 2. The van der Waals surface area contributed by atoms with Gasteiger partial charge in [0.2, 0.25) is 53.2 Å². The zero-order valence-corrected chi connectivity index (χ0v) is 45.9. The molecule has 5 rings (SSSR count). The van der Waals surface area contributed by atoms with Crippen LogP contribution in [0.5, 0.6) is 0 Å². The Morgan fingerprint density at radius 2 is 0.800 bits per heavy atom. The molecular formula is C57H85N9O9. The molecule has 3 fully saturated rings. The van der Waals surface area contributed by atoms with Crippen molar-refractivity contribution < 1.29 is 43.2 Å². The van der Waals surface area contributed by atoms with Crippen LogP contribution in [0.4, 0.5) is 0 Å². The van der Waals surface area contributed by atoms with E-state index < -0.39 is 119 Å². The highest BCUT2D eigenvalue weighted by Crippen LogP contribution is 2.27. The van der Waals surface area contributed by atoms with Crippen LogP contribution in [0.25, 0.3) is 0 Å². The molecule has 18 heteroatoms. The number of fused-ring (bicyclic) bond motifs is 2. The van der Waals surface area contributed by atoms with Gasteiger partial charge >= 0.3 is 0 Å². The van der Waals surface area contributed by atoms with Crippen LogP contribution in [0.1, 0.15) is 132 Å². The number of hydrogen-bond acceptors (Lipinski definition) is 9. The van der Waals surface area contributed by atoms with Crippen LogP contribution < -0.4 is 37.2 Å². The second-order valence-corrected chi connectivity index (χ2v) is 22.6. The minimum Gasteiger partial charge on any atom is -0.343 e. The molecule has 0 saturated carbocycles. The molecule has 2 aromatic carbocycles. The van der Waals surface area contributed by atoms with Crippen molar-refractivity contribution in [3.05, 3.63) is 71.8 Å². The summed E-state index contributed by atoms with van der Waals surface area (Å²) < 4.78 is 0. The first-order chi connectivity index (χ1) is 35.6. The summed E-state index contributed by atoms with van der Waals surface area (Å²) in [5, 5.41) is 20.3. The maximum atomic E-state index is 14.7. The summed E-state index contributed by atoms with van der Waals surface area (Å²) in [6.07, 6.45) is 2.81.